The molecule has 0 unspecified atom stereocenters. The average molecular weight is 250 g/mol. The van der Waals surface area contributed by atoms with Gasteiger partial charge in [-0.3, -0.25) is 9.97 Å². The molecule has 0 aliphatic heterocycles. The monoisotopic (exact) mass is 250 g/mol. The molecule has 19 heavy (non-hydrogen) atoms. The lowest BCUT2D eigenvalue weighted by molar-refractivity contribution is 1.19. The molecule has 3 rings (SSSR count). The van der Waals surface area contributed by atoms with Gasteiger partial charge in [-0.25, -0.2) is 4.98 Å². The molecule has 4 nitrogen and oxygen atoms in total. The van der Waals surface area contributed by atoms with Gasteiger partial charge in [0.2, 0.25) is 0 Å². The number of hydrogen-bond donors (Lipinski definition) is 1. The highest BCUT2D eigenvalue weighted by atomic mass is 15.0. The van der Waals surface area contributed by atoms with Crippen LogP contribution in [0.3, 0.4) is 0 Å². The van der Waals surface area contributed by atoms with Crippen molar-refractivity contribution in [3.63, 3.8) is 0 Å². The highest BCUT2D eigenvalue weighted by Crippen LogP contribution is 2.25. The van der Waals surface area contributed by atoms with Gasteiger partial charge in [-0.1, -0.05) is 11.6 Å². The summed E-state index contributed by atoms with van der Waals surface area (Å²) in [5.41, 5.74) is 4.00. The summed E-state index contributed by atoms with van der Waals surface area (Å²) in [5.74, 6) is 0.760. The molecule has 0 radical (unpaired) electrons. The smallest absolute Gasteiger partial charge is 0.152 e. The molecule has 0 aliphatic rings. The van der Waals surface area contributed by atoms with Crippen LogP contribution in [0.5, 0.6) is 0 Å². The van der Waals surface area contributed by atoms with Crippen molar-refractivity contribution in [3.8, 4) is 11.3 Å². The van der Waals surface area contributed by atoms with E-state index in [0.717, 1.165) is 28.0 Å². The van der Waals surface area contributed by atoms with E-state index in [0.29, 0.717) is 0 Å². The molecule has 0 aliphatic carbocycles. The quantitative estimate of drug-likeness (QED) is 0.759. The Labute approximate surface area is 111 Å². The Morgan fingerprint density at radius 2 is 1.84 bits per heavy atom. The van der Waals surface area contributed by atoms with Crippen LogP contribution in [-0.2, 0) is 0 Å². The van der Waals surface area contributed by atoms with Crippen LogP contribution < -0.4 is 5.32 Å². The molecular weight excluding hydrogens is 236 g/mol. The van der Waals surface area contributed by atoms with Crippen LogP contribution in [0.2, 0.25) is 0 Å². The highest BCUT2D eigenvalue weighted by Gasteiger charge is 2.07. The van der Waals surface area contributed by atoms with Gasteiger partial charge in [-0.2, -0.15) is 0 Å². The number of aryl methyl sites for hydroxylation is 1. The lowest BCUT2D eigenvalue weighted by atomic mass is 10.1. The van der Waals surface area contributed by atoms with Gasteiger partial charge in [0.05, 0.1) is 5.52 Å². The molecule has 4 heteroatoms. The van der Waals surface area contributed by atoms with Gasteiger partial charge in [0.25, 0.3) is 0 Å². The third kappa shape index (κ3) is 2.12. The van der Waals surface area contributed by atoms with Crippen molar-refractivity contribution in [2.45, 2.75) is 6.92 Å². The topological polar surface area (TPSA) is 50.7 Å². The Morgan fingerprint density at radius 1 is 1.00 bits per heavy atom. The molecule has 94 valence electrons. The van der Waals surface area contributed by atoms with Crippen LogP contribution in [0.1, 0.15) is 5.56 Å². The normalized spacial score (nSPS) is 10.6. The summed E-state index contributed by atoms with van der Waals surface area (Å²) in [6.45, 7) is 2.08. The van der Waals surface area contributed by atoms with Crippen LogP contribution in [0.15, 0.2) is 42.9 Å². The van der Waals surface area contributed by atoms with E-state index in [1.807, 2.05) is 19.3 Å². The number of pyridine rings is 1. The second kappa shape index (κ2) is 4.65. The maximum Gasteiger partial charge on any atom is 0.152 e. The Morgan fingerprint density at radius 3 is 2.68 bits per heavy atom. The van der Waals surface area contributed by atoms with Crippen molar-refractivity contribution < 1.29 is 0 Å². The summed E-state index contributed by atoms with van der Waals surface area (Å²) in [4.78, 5) is 13.1. The Hall–Kier alpha value is -2.49. The zero-order valence-corrected chi connectivity index (χ0v) is 10.9. The van der Waals surface area contributed by atoms with E-state index in [2.05, 4.69) is 45.4 Å². The highest BCUT2D eigenvalue weighted by molar-refractivity contribution is 5.85. The number of nitrogens with zero attached hydrogens (tertiary/aromatic N) is 3. The third-order valence-electron chi connectivity index (χ3n) is 3.05. The SMILES string of the molecule is CNc1nccnc1-c1cnc2ccc(C)cc2c1. The van der Waals surface area contributed by atoms with E-state index >= 15 is 0 Å². The second-order valence-corrected chi connectivity index (χ2v) is 4.42. The first-order valence-electron chi connectivity index (χ1n) is 6.13. The molecule has 1 aromatic carbocycles. The first kappa shape index (κ1) is 11.6. The molecule has 0 saturated carbocycles. The largest absolute Gasteiger partial charge is 0.371 e. The predicted octanol–water partition coefficient (Wildman–Crippen LogP) is 3.04. The molecule has 0 atom stereocenters. The predicted molar refractivity (Wildman–Crippen MR) is 77.1 cm³/mol. The van der Waals surface area contributed by atoms with E-state index < -0.39 is 0 Å². The minimum atomic E-state index is 0.760. The first-order valence-corrected chi connectivity index (χ1v) is 6.13. The molecular formula is C15H14N4. The van der Waals surface area contributed by atoms with Crippen LogP contribution in [0.4, 0.5) is 5.82 Å². The molecule has 1 N–H and O–H groups in total. The Kier molecular flexibility index (Phi) is 2.83. The number of anilines is 1. The van der Waals surface area contributed by atoms with Gasteiger partial charge in [0, 0.05) is 36.6 Å². The van der Waals surface area contributed by atoms with Crippen molar-refractivity contribution in [2.24, 2.45) is 0 Å². The lowest BCUT2D eigenvalue weighted by Gasteiger charge is -2.07. The summed E-state index contributed by atoms with van der Waals surface area (Å²) in [6, 6.07) is 8.32. The number of fused-ring (bicyclic) bond motifs is 1. The lowest BCUT2D eigenvalue weighted by Crippen LogP contribution is -1.97. The summed E-state index contributed by atoms with van der Waals surface area (Å²) in [5, 5.41) is 4.17. The summed E-state index contributed by atoms with van der Waals surface area (Å²) >= 11 is 0. The van der Waals surface area contributed by atoms with Crippen LogP contribution in [-0.4, -0.2) is 22.0 Å². The number of nitrogens with one attached hydrogen (secondary N) is 1. The van der Waals surface area contributed by atoms with Crippen molar-refractivity contribution in [1.29, 1.82) is 0 Å². The minimum Gasteiger partial charge on any atom is -0.371 e. The fourth-order valence-corrected chi connectivity index (χ4v) is 2.11. The standard InChI is InChI=1S/C15H14N4/c1-10-3-4-13-11(7-10)8-12(9-19-13)14-15(16-2)18-6-5-17-14/h3-9H,1-2H3,(H,16,18). The van der Waals surface area contributed by atoms with Crippen LogP contribution >= 0.6 is 0 Å². The summed E-state index contributed by atoms with van der Waals surface area (Å²) in [6.07, 6.45) is 5.20. The molecule has 2 heterocycles. The van der Waals surface area contributed by atoms with E-state index in [4.69, 9.17) is 0 Å². The van der Waals surface area contributed by atoms with Gasteiger partial charge in [0.15, 0.2) is 5.82 Å². The van der Waals surface area contributed by atoms with Crippen molar-refractivity contribution in [3.05, 3.63) is 48.4 Å². The minimum absolute atomic E-state index is 0.760. The van der Waals surface area contributed by atoms with Crippen molar-refractivity contribution in [2.75, 3.05) is 12.4 Å². The Bertz CT molecular complexity index is 737. The molecule has 3 aromatic rings. The number of benzene rings is 1. The van der Waals surface area contributed by atoms with Gasteiger partial charge < -0.3 is 5.32 Å². The van der Waals surface area contributed by atoms with E-state index in [1.165, 1.54) is 5.56 Å². The number of hydrogen-bond acceptors (Lipinski definition) is 4. The van der Waals surface area contributed by atoms with E-state index in [-0.39, 0.29) is 0 Å². The molecule has 0 saturated heterocycles. The average Bonchev–Trinajstić information content (AvgIpc) is 2.46. The molecule has 0 bridgehead atoms. The van der Waals surface area contributed by atoms with E-state index in [9.17, 15) is 0 Å². The van der Waals surface area contributed by atoms with E-state index in [1.54, 1.807) is 12.4 Å². The van der Waals surface area contributed by atoms with Crippen molar-refractivity contribution >= 4 is 16.7 Å². The van der Waals surface area contributed by atoms with Gasteiger partial charge in [-0.15, -0.1) is 0 Å². The molecule has 0 spiro atoms. The summed E-state index contributed by atoms with van der Waals surface area (Å²) < 4.78 is 0. The zero-order chi connectivity index (χ0) is 13.2. The van der Waals surface area contributed by atoms with Gasteiger partial charge >= 0.3 is 0 Å². The number of rotatable bonds is 2. The fourth-order valence-electron chi connectivity index (χ4n) is 2.11. The molecule has 0 fully saturated rings. The van der Waals surface area contributed by atoms with Gasteiger partial charge in [-0.05, 0) is 25.1 Å². The summed E-state index contributed by atoms with van der Waals surface area (Å²) in [7, 11) is 1.84. The Balaban J connectivity index is 2.20. The maximum atomic E-state index is 4.48. The maximum absolute atomic E-state index is 4.48. The zero-order valence-electron chi connectivity index (χ0n) is 10.9. The van der Waals surface area contributed by atoms with Crippen molar-refractivity contribution in [1.82, 2.24) is 15.0 Å². The third-order valence-corrected chi connectivity index (χ3v) is 3.05. The van der Waals surface area contributed by atoms with Crippen LogP contribution in [0.25, 0.3) is 22.2 Å². The first-order chi connectivity index (χ1) is 9.28. The van der Waals surface area contributed by atoms with Crippen LogP contribution in [0, 0.1) is 6.92 Å². The second-order valence-electron chi connectivity index (χ2n) is 4.42. The van der Waals surface area contributed by atoms with Gasteiger partial charge in [0.1, 0.15) is 5.69 Å². The fraction of sp³-hybridized carbons (Fsp3) is 0.133. The number of aromatic nitrogens is 3. The molecule has 0 amide bonds. The molecule has 2 aromatic heterocycles.